The molecule has 0 radical (unpaired) electrons. The second-order valence-electron chi connectivity index (χ2n) is 6.89. The number of carbonyl (C=O) groups is 1. The molecule has 0 atom stereocenters. The van der Waals surface area contributed by atoms with Crippen molar-refractivity contribution in [1.29, 1.82) is 0 Å². The highest BCUT2D eigenvalue weighted by Gasteiger charge is 2.20. The second kappa shape index (κ2) is 12.9. The molecule has 0 aliphatic heterocycles. The monoisotopic (exact) mass is 488 g/mol. The summed E-state index contributed by atoms with van der Waals surface area (Å²) in [4.78, 5) is 18.1. The third kappa shape index (κ3) is 9.41. The SMILES string of the molecule is CCNC(=NCc1ccc(C(=O)N(C)C)cc1)NCCCOCC1CC1.I. The van der Waals surface area contributed by atoms with Gasteiger partial charge in [-0.25, -0.2) is 4.99 Å². The molecule has 0 spiro atoms. The molecule has 152 valence electrons. The van der Waals surface area contributed by atoms with Gasteiger partial charge in [0.15, 0.2) is 5.96 Å². The van der Waals surface area contributed by atoms with Crippen LogP contribution in [0.25, 0.3) is 0 Å². The summed E-state index contributed by atoms with van der Waals surface area (Å²) in [7, 11) is 3.51. The van der Waals surface area contributed by atoms with Crippen LogP contribution in [0.2, 0.25) is 0 Å². The van der Waals surface area contributed by atoms with Crippen molar-refractivity contribution < 1.29 is 9.53 Å². The van der Waals surface area contributed by atoms with Gasteiger partial charge >= 0.3 is 0 Å². The number of hydrogen-bond donors (Lipinski definition) is 2. The standard InChI is InChI=1S/C20H32N4O2.HI/c1-4-21-20(22-12-5-13-26-15-17-6-7-17)23-14-16-8-10-18(11-9-16)19(25)24(2)3;/h8-11,17H,4-7,12-15H2,1-3H3,(H2,21,22,23);1H. The van der Waals surface area contributed by atoms with Gasteiger partial charge in [0.05, 0.1) is 6.54 Å². The van der Waals surface area contributed by atoms with Crippen LogP contribution in [0.4, 0.5) is 0 Å². The molecule has 0 aromatic heterocycles. The van der Waals surface area contributed by atoms with Gasteiger partial charge in [-0.3, -0.25) is 4.79 Å². The Morgan fingerprint density at radius 1 is 1.22 bits per heavy atom. The van der Waals surface area contributed by atoms with Crippen LogP contribution in [0.1, 0.15) is 42.1 Å². The van der Waals surface area contributed by atoms with Crippen molar-refractivity contribution in [3.63, 3.8) is 0 Å². The molecule has 1 aliphatic carbocycles. The number of nitrogens with zero attached hydrogens (tertiary/aromatic N) is 2. The van der Waals surface area contributed by atoms with E-state index in [9.17, 15) is 4.79 Å². The maximum absolute atomic E-state index is 11.9. The molecule has 1 fully saturated rings. The Kier molecular flexibility index (Phi) is 11.3. The quantitative estimate of drug-likeness (QED) is 0.230. The van der Waals surface area contributed by atoms with E-state index in [0.717, 1.165) is 50.2 Å². The van der Waals surface area contributed by atoms with Gasteiger partial charge < -0.3 is 20.3 Å². The number of nitrogens with one attached hydrogen (secondary N) is 2. The summed E-state index contributed by atoms with van der Waals surface area (Å²) in [5.74, 6) is 1.64. The van der Waals surface area contributed by atoms with Gasteiger partial charge in [0.25, 0.3) is 5.91 Å². The minimum absolute atomic E-state index is 0. The van der Waals surface area contributed by atoms with E-state index in [1.54, 1.807) is 19.0 Å². The fourth-order valence-corrected chi connectivity index (χ4v) is 2.44. The molecular weight excluding hydrogens is 455 g/mol. The van der Waals surface area contributed by atoms with E-state index in [1.165, 1.54) is 12.8 Å². The summed E-state index contributed by atoms with van der Waals surface area (Å²) in [5, 5.41) is 6.59. The van der Waals surface area contributed by atoms with Gasteiger partial charge in [0, 0.05) is 46.0 Å². The number of rotatable bonds is 10. The van der Waals surface area contributed by atoms with Gasteiger partial charge in [-0.05, 0) is 49.8 Å². The minimum atomic E-state index is 0. The van der Waals surface area contributed by atoms with E-state index >= 15 is 0 Å². The highest BCUT2D eigenvalue weighted by molar-refractivity contribution is 14.0. The van der Waals surface area contributed by atoms with Gasteiger partial charge in [0.2, 0.25) is 0 Å². The molecule has 27 heavy (non-hydrogen) atoms. The number of hydrogen-bond acceptors (Lipinski definition) is 3. The molecule has 0 saturated heterocycles. The molecule has 1 saturated carbocycles. The van der Waals surface area contributed by atoms with Crippen molar-refractivity contribution in [2.45, 2.75) is 32.7 Å². The van der Waals surface area contributed by atoms with Crippen LogP contribution >= 0.6 is 24.0 Å². The number of amides is 1. The first-order valence-corrected chi connectivity index (χ1v) is 9.50. The summed E-state index contributed by atoms with van der Waals surface area (Å²) >= 11 is 0. The topological polar surface area (TPSA) is 66.0 Å². The molecule has 1 aliphatic rings. The maximum atomic E-state index is 11.9. The Morgan fingerprint density at radius 2 is 1.93 bits per heavy atom. The van der Waals surface area contributed by atoms with Crippen molar-refractivity contribution in [1.82, 2.24) is 15.5 Å². The van der Waals surface area contributed by atoms with Gasteiger partial charge in [-0.1, -0.05) is 12.1 Å². The Balaban J connectivity index is 0.00000364. The van der Waals surface area contributed by atoms with E-state index < -0.39 is 0 Å². The van der Waals surface area contributed by atoms with Gasteiger partial charge in [0.1, 0.15) is 0 Å². The average Bonchev–Trinajstić information content (AvgIpc) is 3.46. The van der Waals surface area contributed by atoms with Crippen molar-refractivity contribution in [2.24, 2.45) is 10.9 Å². The summed E-state index contributed by atoms with van der Waals surface area (Å²) in [6.07, 6.45) is 3.64. The lowest BCUT2D eigenvalue weighted by Crippen LogP contribution is -2.38. The third-order valence-corrected chi connectivity index (χ3v) is 4.18. The fraction of sp³-hybridized carbons (Fsp3) is 0.600. The van der Waals surface area contributed by atoms with E-state index in [2.05, 4.69) is 22.5 Å². The third-order valence-electron chi connectivity index (χ3n) is 4.18. The maximum Gasteiger partial charge on any atom is 0.253 e. The van der Waals surface area contributed by atoms with Crippen LogP contribution in [0.15, 0.2) is 29.3 Å². The zero-order valence-electron chi connectivity index (χ0n) is 16.7. The number of benzene rings is 1. The first-order chi connectivity index (χ1) is 12.6. The van der Waals surface area contributed by atoms with Crippen LogP contribution in [0, 0.1) is 5.92 Å². The number of ether oxygens (including phenoxy) is 1. The molecule has 0 bridgehead atoms. The largest absolute Gasteiger partial charge is 0.381 e. The predicted molar refractivity (Wildman–Crippen MR) is 121 cm³/mol. The van der Waals surface area contributed by atoms with Gasteiger partial charge in [-0.2, -0.15) is 0 Å². The Morgan fingerprint density at radius 3 is 2.52 bits per heavy atom. The smallest absolute Gasteiger partial charge is 0.253 e. The van der Waals surface area contributed by atoms with Crippen LogP contribution in [-0.4, -0.2) is 57.2 Å². The molecule has 7 heteroatoms. The van der Waals surface area contributed by atoms with Gasteiger partial charge in [-0.15, -0.1) is 24.0 Å². The average molecular weight is 488 g/mol. The molecule has 1 amide bonds. The lowest BCUT2D eigenvalue weighted by Gasteiger charge is -2.12. The van der Waals surface area contributed by atoms with Crippen molar-refractivity contribution in [3.8, 4) is 0 Å². The predicted octanol–water partition coefficient (Wildman–Crippen LogP) is 2.88. The number of aliphatic imine (C=N–C) groups is 1. The van der Waals surface area contributed by atoms with Crippen molar-refractivity contribution in [3.05, 3.63) is 35.4 Å². The second-order valence-corrected chi connectivity index (χ2v) is 6.89. The lowest BCUT2D eigenvalue weighted by molar-refractivity contribution is 0.0827. The number of halogens is 1. The zero-order valence-corrected chi connectivity index (χ0v) is 19.0. The molecule has 2 rings (SSSR count). The van der Waals surface area contributed by atoms with Crippen molar-refractivity contribution in [2.75, 3.05) is 40.4 Å². The molecule has 0 heterocycles. The normalized spacial score (nSPS) is 13.7. The summed E-state index contributed by atoms with van der Waals surface area (Å²) in [6.45, 7) is 6.00. The van der Waals surface area contributed by atoms with Crippen LogP contribution in [-0.2, 0) is 11.3 Å². The molecule has 6 nitrogen and oxygen atoms in total. The lowest BCUT2D eigenvalue weighted by atomic mass is 10.1. The summed E-state index contributed by atoms with van der Waals surface area (Å²) in [6, 6.07) is 7.61. The molecular formula is C20H33IN4O2. The van der Waals surface area contributed by atoms with Crippen molar-refractivity contribution >= 4 is 35.8 Å². The van der Waals surface area contributed by atoms with Crippen LogP contribution in [0.5, 0.6) is 0 Å². The Bertz CT molecular complexity index is 586. The highest BCUT2D eigenvalue weighted by Crippen LogP contribution is 2.28. The van der Waals surface area contributed by atoms with E-state index in [0.29, 0.717) is 12.1 Å². The Hall–Kier alpha value is -1.35. The number of carbonyl (C=O) groups excluding carboxylic acids is 1. The first kappa shape index (κ1) is 23.7. The van der Waals surface area contributed by atoms with Crippen LogP contribution in [0.3, 0.4) is 0 Å². The van der Waals surface area contributed by atoms with E-state index in [1.807, 2.05) is 24.3 Å². The van der Waals surface area contributed by atoms with E-state index in [4.69, 9.17) is 4.74 Å². The minimum Gasteiger partial charge on any atom is -0.381 e. The fourth-order valence-electron chi connectivity index (χ4n) is 2.44. The first-order valence-electron chi connectivity index (χ1n) is 9.50. The molecule has 1 aromatic carbocycles. The molecule has 2 N–H and O–H groups in total. The zero-order chi connectivity index (χ0) is 18.8. The Labute approximate surface area is 180 Å². The van der Waals surface area contributed by atoms with E-state index in [-0.39, 0.29) is 29.9 Å². The van der Waals surface area contributed by atoms with Crippen LogP contribution < -0.4 is 10.6 Å². The highest BCUT2D eigenvalue weighted by atomic mass is 127. The number of guanidine groups is 1. The molecule has 0 unspecified atom stereocenters. The molecule has 1 aromatic rings. The summed E-state index contributed by atoms with van der Waals surface area (Å²) in [5.41, 5.74) is 1.77. The summed E-state index contributed by atoms with van der Waals surface area (Å²) < 4.78 is 5.64.